The highest BCUT2D eigenvalue weighted by Gasteiger charge is 1.99. The molecular weight excluding hydrogens is 296 g/mol. The summed E-state index contributed by atoms with van der Waals surface area (Å²) in [5.41, 5.74) is 2.03. The van der Waals surface area contributed by atoms with Crippen molar-refractivity contribution >= 4 is 0 Å². The molecule has 0 amide bonds. The summed E-state index contributed by atoms with van der Waals surface area (Å²) in [5, 5.41) is 9.95. The van der Waals surface area contributed by atoms with E-state index in [9.17, 15) is 5.11 Å². The van der Waals surface area contributed by atoms with Gasteiger partial charge in [-0.2, -0.15) is 0 Å². The highest BCUT2D eigenvalue weighted by atomic mass is 16.5. The van der Waals surface area contributed by atoms with Crippen LogP contribution in [0.1, 0.15) is 17.2 Å². The van der Waals surface area contributed by atoms with Gasteiger partial charge in [0.15, 0.2) is 0 Å². The lowest BCUT2D eigenvalue weighted by molar-refractivity contribution is 0.228. The zero-order chi connectivity index (χ0) is 16.9. The zero-order valence-electron chi connectivity index (χ0n) is 13.5. The predicted molar refractivity (Wildman–Crippen MR) is 99.2 cm³/mol. The van der Waals surface area contributed by atoms with Gasteiger partial charge in [0.1, 0.15) is 6.61 Å². The van der Waals surface area contributed by atoms with Gasteiger partial charge in [-0.25, -0.2) is 0 Å². The van der Waals surface area contributed by atoms with E-state index in [4.69, 9.17) is 4.74 Å². The number of aliphatic hydroxyl groups excluding tert-OH is 1. The Balaban J connectivity index is 1.65. The molecule has 1 unspecified atom stereocenters. The molecule has 0 aliphatic rings. The molecule has 24 heavy (non-hydrogen) atoms. The van der Waals surface area contributed by atoms with Crippen LogP contribution < -0.4 is 0 Å². The quantitative estimate of drug-likeness (QED) is 0.541. The SMILES string of the molecule is OC(/C=C/C=C/C=C/C=C/OCc1ccccc1)c1ccccc1. The van der Waals surface area contributed by atoms with Gasteiger partial charge in [0.2, 0.25) is 0 Å². The first-order valence-corrected chi connectivity index (χ1v) is 7.91. The lowest BCUT2D eigenvalue weighted by Crippen LogP contribution is -1.91. The van der Waals surface area contributed by atoms with Gasteiger partial charge in [-0.1, -0.05) is 97.1 Å². The summed E-state index contributed by atoms with van der Waals surface area (Å²) in [6.07, 6.45) is 14.1. The molecular formula is C22H22O2. The Labute approximate surface area is 143 Å². The molecule has 122 valence electrons. The van der Waals surface area contributed by atoms with Gasteiger partial charge in [-0.3, -0.25) is 0 Å². The van der Waals surface area contributed by atoms with Gasteiger partial charge in [-0.15, -0.1) is 0 Å². The summed E-state index contributed by atoms with van der Waals surface area (Å²) in [4.78, 5) is 0. The number of aliphatic hydroxyl groups is 1. The number of ether oxygens (including phenoxy) is 1. The molecule has 2 aromatic carbocycles. The molecule has 2 aromatic rings. The minimum absolute atomic E-state index is 0.571. The van der Waals surface area contributed by atoms with E-state index in [2.05, 4.69) is 0 Å². The molecule has 0 radical (unpaired) electrons. The third-order valence-electron chi connectivity index (χ3n) is 3.26. The van der Waals surface area contributed by atoms with Gasteiger partial charge >= 0.3 is 0 Å². The van der Waals surface area contributed by atoms with Crippen LogP contribution in [0.5, 0.6) is 0 Å². The Morgan fingerprint density at radius 1 is 0.750 bits per heavy atom. The number of benzene rings is 2. The first-order valence-electron chi connectivity index (χ1n) is 7.91. The molecule has 2 rings (SSSR count). The second-order valence-corrected chi connectivity index (χ2v) is 5.14. The van der Waals surface area contributed by atoms with E-state index in [0.29, 0.717) is 6.61 Å². The van der Waals surface area contributed by atoms with Crippen molar-refractivity contribution in [2.24, 2.45) is 0 Å². The summed E-state index contributed by atoms with van der Waals surface area (Å²) in [7, 11) is 0. The Hall–Kier alpha value is -2.84. The molecule has 0 spiro atoms. The Bertz CT molecular complexity index is 682. The Morgan fingerprint density at radius 2 is 1.33 bits per heavy atom. The fraction of sp³-hybridized carbons (Fsp3) is 0.0909. The summed E-state index contributed by atoms with van der Waals surface area (Å²) < 4.78 is 5.42. The molecule has 0 aliphatic carbocycles. The predicted octanol–water partition coefficient (Wildman–Crippen LogP) is 5.12. The average molecular weight is 318 g/mol. The van der Waals surface area contributed by atoms with Crippen molar-refractivity contribution in [1.82, 2.24) is 0 Å². The van der Waals surface area contributed by atoms with Gasteiger partial charge in [0.05, 0.1) is 12.4 Å². The van der Waals surface area contributed by atoms with Gasteiger partial charge in [0, 0.05) is 0 Å². The standard InChI is InChI=1S/C22H22O2/c23-22(21-15-9-6-10-16-21)17-11-3-1-2-4-12-18-24-19-20-13-7-5-8-14-20/h1-18,22-23H,19H2/b3-1+,4-2+,17-11+,18-12+. The second-order valence-electron chi connectivity index (χ2n) is 5.14. The number of allylic oxidation sites excluding steroid dienone is 6. The van der Waals surface area contributed by atoms with Crippen molar-refractivity contribution in [3.05, 3.63) is 121 Å². The third kappa shape index (κ3) is 6.95. The topological polar surface area (TPSA) is 29.5 Å². The normalized spacial score (nSPS) is 13.4. The van der Waals surface area contributed by atoms with E-state index in [-0.39, 0.29) is 0 Å². The molecule has 0 bridgehead atoms. The number of hydrogen-bond donors (Lipinski definition) is 1. The van der Waals surface area contributed by atoms with Crippen molar-refractivity contribution in [2.75, 3.05) is 0 Å². The van der Waals surface area contributed by atoms with Crippen molar-refractivity contribution < 1.29 is 9.84 Å². The zero-order valence-corrected chi connectivity index (χ0v) is 13.5. The largest absolute Gasteiger partial charge is 0.497 e. The molecule has 0 heterocycles. The Morgan fingerprint density at radius 3 is 2.04 bits per heavy atom. The first kappa shape index (κ1) is 17.5. The molecule has 0 fully saturated rings. The van der Waals surface area contributed by atoms with Crippen LogP contribution in [0, 0.1) is 0 Å². The molecule has 1 atom stereocenters. The lowest BCUT2D eigenvalue weighted by atomic mass is 10.1. The number of rotatable bonds is 8. The third-order valence-corrected chi connectivity index (χ3v) is 3.26. The van der Waals surface area contributed by atoms with Crippen LogP contribution in [-0.2, 0) is 11.3 Å². The smallest absolute Gasteiger partial charge is 0.112 e. The van der Waals surface area contributed by atoms with E-state index in [1.54, 1.807) is 12.3 Å². The van der Waals surface area contributed by atoms with Crippen molar-refractivity contribution in [2.45, 2.75) is 12.7 Å². The maximum atomic E-state index is 9.95. The van der Waals surface area contributed by atoms with Gasteiger partial charge in [0.25, 0.3) is 0 Å². The van der Waals surface area contributed by atoms with Crippen LogP contribution >= 0.6 is 0 Å². The molecule has 0 aromatic heterocycles. The van der Waals surface area contributed by atoms with E-state index < -0.39 is 6.10 Å². The van der Waals surface area contributed by atoms with E-state index in [1.807, 2.05) is 97.1 Å². The highest BCUT2D eigenvalue weighted by molar-refractivity contribution is 5.23. The maximum absolute atomic E-state index is 9.95. The minimum Gasteiger partial charge on any atom is -0.497 e. The second kappa shape index (κ2) is 10.8. The summed E-state index contributed by atoms with van der Waals surface area (Å²) in [6.45, 7) is 0.571. The number of hydrogen-bond acceptors (Lipinski definition) is 2. The fourth-order valence-corrected chi connectivity index (χ4v) is 2.01. The molecule has 2 heteroatoms. The van der Waals surface area contributed by atoms with E-state index >= 15 is 0 Å². The maximum Gasteiger partial charge on any atom is 0.112 e. The molecule has 0 saturated carbocycles. The monoisotopic (exact) mass is 318 g/mol. The van der Waals surface area contributed by atoms with E-state index in [1.165, 1.54) is 0 Å². The first-order chi connectivity index (χ1) is 11.9. The molecule has 1 N–H and O–H groups in total. The van der Waals surface area contributed by atoms with Gasteiger partial charge in [-0.05, 0) is 17.2 Å². The molecule has 0 saturated heterocycles. The van der Waals surface area contributed by atoms with Crippen LogP contribution in [0.4, 0.5) is 0 Å². The van der Waals surface area contributed by atoms with Crippen molar-refractivity contribution in [3.63, 3.8) is 0 Å². The van der Waals surface area contributed by atoms with Crippen LogP contribution in [0.2, 0.25) is 0 Å². The van der Waals surface area contributed by atoms with Crippen LogP contribution in [0.3, 0.4) is 0 Å². The average Bonchev–Trinajstić information content (AvgIpc) is 2.64. The molecule has 2 nitrogen and oxygen atoms in total. The summed E-state index contributed by atoms with van der Waals surface area (Å²) >= 11 is 0. The summed E-state index contributed by atoms with van der Waals surface area (Å²) in [5.74, 6) is 0. The van der Waals surface area contributed by atoms with Crippen LogP contribution in [0.25, 0.3) is 0 Å². The van der Waals surface area contributed by atoms with Crippen LogP contribution in [-0.4, -0.2) is 5.11 Å². The van der Waals surface area contributed by atoms with E-state index in [0.717, 1.165) is 11.1 Å². The summed E-state index contributed by atoms with van der Waals surface area (Å²) in [6, 6.07) is 19.6. The lowest BCUT2D eigenvalue weighted by Gasteiger charge is -2.03. The van der Waals surface area contributed by atoms with Crippen molar-refractivity contribution in [1.29, 1.82) is 0 Å². The van der Waals surface area contributed by atoms with Gasteiger partial charge < -0.3 is 9.84 Å². The fourth-order valence-electron chi connectivity index (χ4n) is 2.01. The van der Waals surface area contributed by atoms with Crippen molar-refractivity contribution in [3.8, 4) is 0 Å². The van der Waals surface area contributed by atoms with Crippen LogP contribution in [0.15, 0.2) is 109 Å². The minimum atomic E-state index is -0.578. The Kier molecular flexibility index (Phi) is 7.89. The molecule has 0 aliphatic heterocycles. The highest BCUT2D eigenvalue weighted by Crippen LogP contribution is 2.12.